The lowest BCUT2D eigenvalue weighted by atomic mass is 10.2. The van der Waals surface area contributed by atoms with E-state index in [1.54, 1.807) is 6.92 Å². The third kappa shape index (κ3) is 5.04. The normalized spacial score (nSPS) is 13.5. The molecule has 10 heteroatoms. The fourth-order valence-corrected chi connectivity index (χ4v) is 3.31. The molecule has 1 aromatic heterocycles. The van der Waals surface area contributed by atoms with Gasteiger partial charge >= 0.3 is 5.82 Å². The van der Waals surface area contributed by atoms with Crippen molar-refractivity contribution < 1.29 is 13.3 Å². The van der Waals surface area contributed by atoms with Crippen molar-refractivity contribution in [2.45, 2.75) is 33.2 Å². The molecule has 126 valence electrons. The molecule has 1 rings (SSSR count). The lowest BCUT2D eigenvalue weighted by Gasteiger charge is -2.21. The van der Waals surface area contributed by atoms with Gasteiger partial charge < -0.3 is 15.0 Å². The van der Waals surface area contributed by atoms with E-state index in [1.165, 1.54) is 4.57 Å². The Morgan fingerprint density at radius 1 is 1.45 bits per heavy atom. The number of primary sulfonamides is 1. The summed E-state index contributed by atoms with van der Waals surface area (Å²) in [6, 6.07) is -0.613. The molecule has 1 aromatic rings. The van der Waals surface area contributed by atoms with Gasteiger partial charge in [0.15, 0.2) is 5.82 Å². The topological polar surface area (TPSA) is 124 Å². The van der Waals surface area contributed by atoms with Crippen LogP contribution in [0.4, 0.5) is 5.82 Å². The van der Waals surface area contributed by atoms with Crippen LogP contribution in [0.15, 0.2) is 6.20 Å². The van der Waals surface area contributed by atoms with Gasteiger partial charge in [0.25, 0.3) is 0 Å². The van der Waals surface area contributed by atoms with Crippen molar-refractivity contribution in [2.75, 3.05) is 25.4 Å². The molecule has 0 saturated carbocycles. The predicted molar refractivity (Wildman–Crippen MR) is 83.0 cm³/mol. The van der Waals surface area contributed by atoms with Crippen LogP contribution in [0.3, 0.4) is 0 Å². The van der Waals surface area contributed by atoms with Crippen LogP contribution in [0.5, 0.6) is 0 Å². The van der Waals surface area contributed by atoms with E-state index in [1.807, 2.05) is 13.8 Å². The minimum atomic E-state index is -3.76. The van der Waals surface area contributed by atoms with Gasteiger partial charge in [0.05, 0.1) is 0 Å². The standard InChI is InChI=1S/C12H23N5O4S/c1-4-15(5-2)7-6-11(9-22(13,20)21)16-10(3)14-8-12(16)17(18)19/h8,11H,4-7,9H2,1-3H3,(H2,13,20,21). The highest BCUT2D eigenvalue weighted by atomic mass is 32.2. The van der Waals surface area contributed by atoms with Gasteiger partial charge in [-0.25, -0.2) is 23.1 Å². The van der Waals surface area contributed by atoms with Crippen molar-refractivity contribution in [1.82, 2.24) is 14.5 Å². The molecule has 0 aliphatic rings. The summed E-state index contributed by atoms with van der Waals surface area (Å²) in [6.07, 6.45) is 1.58. The highest BCUT2D eigenvalue weighted by Crippen LogP contribution is 2.24. The third-order valence-corrected chi connectivity index (χ3v) is 4.46. The van der Waals surface area contributed by atoms with Crippen LogP contribution in [0.1, 0.15) is 32.1 Å². The lowest BCUT2D eigenvalue weighted by molar-refractivity contribution is -0.392. The number of nitrogens with two attached hydrogens (primary N) is 1. The quantitative estimate of drug-likeness (QED) is 0.523. The van der Waals surface area contributed by atoms with Gasteiger partial charge in [-0.2, -0.15) is 0 Å². The van der Waals surface area contributed by atoms with Gasteiger partial charge in [0.1, 0.15) is 18.0 Å². The SMILES string of the molecule is CCN(CC)CCC(CS(N)(=O)=O)n1c([N+](=O)[O-])cnc1C. The zero-order valence-corrected chi connectivity index (χ0v) is 13.9. The van der Waals surface area contributed by atoms with Crippen molar-refractivity contribution in [3.8, 4) is 0 Å². The summed E-state index contributed by atoms with van der Waals surface area (Å²) in [6.45, 7) is 7.89. The summed E-state index contributed by atoms with van der Waals surface area (Å²) < 4.78 is 24.3. The summed E-state index contributed by atoms with van der Waals surface area (Å²) in [7, 11) is -3.76. The molecule has 0 aliphatic carbocycles. The van der Waals surface area contributed by atoms with Crippen LogP contribution in [0.2, 0.25) is 0 Å². The average molecular weight is 333 g/mol. The number of hydrogen-bond donors (Lipinski definition) is 1. The summed E-state index contributed by atoms with van der Waals surface area (Å²) >= 11 is 0. The van der Waals surface area contributed by atoms with Crippen LogP contribution in [0.25, 0.3) is 0 Å². The van der Waals surface area contributed by atoms with E-state index in [-0.39, 0.29) is 11.6 Å². The maximum absolute atomic E-state index is 11.5. The smallest absolute Gasteiger partial charge is 0.343 e. The molecule has 0 saturated heterocycles. The molecule has 0 radical (unpaired) electrons. The first-order valence-corrected chi connectivity index (χ1v) is 8.82. The Kier molecular flexibility index (Phi) is 6.45. The van der Waals surface area contributed by atoms with Crippen molar-refractivity contribution >= 4 is 15.8 Å². The van der Waals surface area contributed by atoms with Gasteiger partial charge in [0, 0.05) is 19.9 Å². The predicted octanol–water partition coefficient (Wildman–Crippen LogP) is 0.661. The Hall–Kier alpha value is -1.52. The summed E-state index contributed by atoms with van der Waals surface area (Å²) in [5.41, 5.74) is 0. The second-order valence-corrected chi connectivity index (χ2v) is 6.75. The van der Waals surface area contributed by atoms with Crippen molar-refractivity contribution in [1.29, 1.82) is 0 Å². The Labute approximate surface area is 130 Å². The first-order chi connectivity index (χ1) is 10.2. The number of aryl methyl sites for hydroxylation is 1. The molecule has 2 N–H and O–H groups in total. The largest absolute Gasteiger partial charge is 0.358 e. The van der Waals surface area contributed by atoms with Crippen LogP contribution >= 0.6 is 0 Å². The number of rotatable bonds is 9. The first kappa shape index (κ1) is 18.5. The summed E-state index contributed by atoms with van der Waals surface area (Å²) in [5.74, 6) is -0.169. The van der Waals surface area contributed by atoms with Gasteiger partial charge in [-0.3, -0.25) is 0 Å². The maximum atomic E-state index is 11.5. The van der Waals surface area contributed by atoms with E-state index in [9.17, 15) is 18.5 Å². The van der Waals surface area contributed by atoms with Crippen molar-refractivity contribution in [2.24, 2.45) is 5.14 Å². The van der Waals surface area contributed by atoms with Crippen molar-refractivity contribution in [3.63, 3.8) is 0 Å². The van der Waals surface area contributed by atoms with Gasteiger partial charge in [-0.15, -0.1) is 0 Å². The van der Waals surface area contributed by atoms with E-state index in [0.29, 0.717) is 18.8 Å². The van der Waals surface area contributed by atoms with E-state index < -0.39 is 21.0 Å². The molecule has 9 nitrogen and oxygen atoms in total. The van der Waals surface area contributed by atoms with E-state index in [0.717, 1.165) is 19.3 Å². The van der Waals surface area contributed by atoms with E-state index >= 15 is 0 Å². The van der Waals surface area contributed by atoms with Gasteiger partial charge in [-0.05, 0) is 18.0 Å². The summed E-state index contributed by atoms with van der Waals surface area (Å²) in [4.78, 5) is 16.6. The van der Waals surface area contributed by atoms with Gasteiger partial charge in [0.2, 0.25) is 10.0 Å². The van der Waals surface area contributed by atoms with Crippen LogP contribution in [-0.2, 0) is 10.0 Å². The molecule has 0 aliphatic heterocycles. The minimum absolute atomic E-state index is 0.217. The highest BCUT2D eigenvalue weighted by molar-refractivity contribution is 7.89. The van der Waals surface area contributed by atoms with Crippen LogP contribution < -0.4 is 5.14 Å². The van der Waals surface area contributed by atoms with E-state index in [4.69, 9.17) is 5.14 Å². The molecule has 0 amide bonds. The molecular weight excluding hydrogens is 310 g/mol. The molecular formula is C12H23N5O4S. The van der Waals surface area contributed by atoms with Crippen LogP contribution in [0, 0.1) is 17.0 Å². The molecule has 1 unspecified atom stereocenters. The first-order valence-electron chi connectivity index (χ1n) is 7.10. The third-order valence-electron chi connectivity index (χ3n) is 3.61. The number of sulfonamides is 1. The number of aromatic nitrogens is 2. The number of imidazole rings is 1. The molecule has 1 heterocycles. The number of nitro groups is 1. The Morgan fingerprint density at radius 2 is 2.05 bits per heavy atom. The highest BCUT2D eigenvalue weighted by Gasteiger charge is 2.29. The zero-order valence-electron chi connectivity index (χ0n) is 13.1. The van der Waals surface area contributed by atoms with Crippen molar-refractivity contribution in [3.05, 3.63) is 22.1 Å². The summed E-state index contributed by atoms with van der Waals surface area (Å²) in [5, 5.41) is 16.3. The molecule has 0 aromatic carbocycles. The Morgan fingerprint density at radius 3 is 2.50 bits per heavy atom. The minimum Gasteiger partial charge on any atom is -0.358 e. The van der Waals surface area contributed by atoms with Gasteiger partial charge in [-0.1, -0.05) is 13.8 Å². The maximum Gasteiger partial charge on any atom is 0.343 e. The van der Waals surface area contributed by atoms with Crippen LogP contribution in [-0.4, -0.2) is 53.2 Å². The monoisotopic (exact) mass is 333 g/mol. The second-order valence-electron chi connectivity index (χ2n) is 5.09. The molecule has 1 atom stereocenters. The van der Waals surface area contributed by atoms with E-state index in [2.05, 4.69) is 9.88 Å². The Balaban J connectivity index is 3.10. The number of nitrogens with zero attached hydrogens (tertiary/aromatic N) is 4. The fraction of sp³-hybridized carbons (Fsp3) is 0.750. The number of hydrogen-bond acceptors (Lipinski definition) is 6. The molecule has 0 fully saturated rings. The second kappa shape index (κ2) is 7.65. The average Bonchev–Trinajstić information content (AvgIpc) is 2.79. The molecule has 22 heavy (non-hydrogen) atoms. The zero-order chi connectivity index (χ0) is 16.9. The fourth-order valence-electron chi connectivity index (χ4n) is 2.45. The lowest BCUT2D eigenvalue weighted by Crippen LogP contribution is -2.31. The Bertz CT molecular complexity index is 609. The molecule has 0 bridgehead atoms. The molecule has 0 spiro atoms.